The van der Waals surface area contributed by atoms with Gasteiger partial charge in [0.2, 0.25) is 0 Å². The van der Waals surface area contributed by atoms with E-state index in [4.69, 9.17) is 0 Å². The molecule has 2 nitrogen and oxygen atoms in total. The van der Waals surface area contributed by atoms with Crippen LogP contribution in [0.4, 0.5) is 28.4 Å². The molecule has 8 rings (SSSR count). The lowest BCUT2D eigenvalue weighted by Crippen LogP contribution is -2.10. The lowest BCUT2D eigenvalue weighted by molar-refractivity contribution is 1.21. The Bertz CT molecular complexity index is 2200. The summed E-state index contributed by atoms with van der Waals surface area (Å²) in [5, 5.41) is 7.44. The minimum Gasteiger partial charge on any atom is -0.345 e. The number of hydrogen-bond acceptors (Lipinski definition) is 2. The van der Waals surface area contributed by atoms with Gasteiger partial charge in [-0.2, -0.15) is 0 Å². The van der Waals surface area contributed by atoms with Gasteiger partial charge in [0.25, 0.3) is 0 Å². The molecule has 0 aliphatic carbocycles. The van der Waals surface area contributed by atoms with Crippen LogP contribution in [-0.2, 0) is 0 Å². The van der Waals surface area contributed by atoms with E-state index in [2.05, 4.69) is 193 Å². The van der Waals surface area contributed by atoms with E-state index in [1.165, 1.54) is 49.1 Å². The average Bonchev–Trinajstić information content (AvgIpc) is 3.11. The highest BCUT2D eigenvalue weighted by Gasteiger charge is 2.14. The van der Waals surface area contributed by atoms with Crippen molar-refractivity contribution in [3.8, 4) is 11.1 Å². The van der Waals surface area contributed by atoms with Crippen LogP contribution < -0.4 is 9.80 Å². The van der Waals surface area contributed by atoms with Gasteiger partial charge in [0.1, 0.15) is 0 Å². The van der Waals surface area contributed by atoms with E-state index in [-0.39, 0.29) is 0 Å². The number of rotatable bonds is 6. The summed E-state index contributed by atoms with van der Waals surface area (Å²) in [5.74, 6) is 0. The molecule has 0 saturated heterocycles. The van der Waals surface area contributed by atoms with Crippen molar-refractivity contribution in [2.75, 3.05) is 16.8 Å². The summed E-state index contributed by atoms with van der Waals surface area (Å²) in [6.45, 7) is 0. The third-order valence-electron chi connectivity index (χ3n) is 8.82. The Morgan fingerprint density at radius 3 is 1.07 bits per heavy atom. The second-order valence-corrected chi connectivity index (χ2v) is 11.6. The van der Waals surface area contributed by atoms with Gasteiger partial charge < -0.3 is 9.80 Å². The van der Waals surface area contributed by atoms with Gasteiger partial charge in [0.15, 0.2) is 0 Å². The molecule has 0 radical (unpaired) electrons. The monoisotopic (exact) mass is 576 g/mol. The molecular weight excluding hydrogens is 544 g/mol. The first-order valence-electron chi connectivity index (χ1n) is 15.4. The van der Waals surface area contributed by atoms with Crippen LogP contribution in [0.15, 0.2) is 176 Å². The maximum Gasteiger partial charge on any atom is 0.0468 e. The fourth-order valence-corrected chi connectivity index (χ4v) is 6.29. The Kier molecular flexibility index (Phi) is 6.73. The summed E-state index contributed by atoms with van der Waals surface area (Å²) in [6, 6.07) is 63.4. The molecule has 0 bridgehead atoms. The summed E-state index contributed by atoms with van der Waals surface area (Å²) >= 11 is 0. The number of benzene rings is 8. The molecule has 0 aliphatic rings. The Labute approximate surface area is 264 Å². The largest absolute Gasteiger partial charge is 0.345 e. The lowest BCUT2D eigenvalue weighted by Gasteiger charge is -2.26. The van der Waals surface area contributed by atoms with E-state index in [9.17, 15) is 0 Å². The fraction of sp³-hybridized carbons (Fsp3) is 0.0233. The van der Waals surface area contributed by atoms with Crippen LogP contribution in [0.2, 0.25) is 0 Å². The molecular formula is C43H32N2. The Hall–Kier alpha value is -5.86. The molecule has 0 fully saturated rings. The summed E-state index contributed by atoms with van der Waals surface area (Å²) in [4.78, 5) is 4.59. The van der Waals surface area contributed by atoms with E-state index in [1.807, 2.05) is 0 Å². The number of hydrogen-bond donors (Lipinski definition) is 0. The highest BCUT2D eigenvalue weighted by Crippen LogP contribution is 2.38. The number of fused-ring (bicyclic) bond motifs is 3. The van der Waals surface area contributed by atoms with E-state index in [0.717, 1.165) is 22.7 Å². The van der Waals surface area contributed by atoms with Gasteiger partial charge in [-0.15, -0.1) is 0 Å². The minimum absolute atomic E-state index is 1.12. The third kappa shape index (κ3) is 5.17. The molecule has 0 saturated carbocycles. The van der Waals surface area contributed by atoms with Gasteiger partial charge in [-0.3, -0.25) is 0 Å². The predicted molar refractivity (Wildman–Crippen MR) is 194 cm³/mol. The second-order valence-electron chi connectivity index (χ2n) is 11.6. The quantitative estimate of drug-likeness (QED) is 0.194. The molecule has 8 aromatic carbocycles. The molecule has 0 unspecified atom stereocenters. The topological polar surface area (TPSA) is 6.48 Å². The highest BCUT2D eigenvalue weighted by molar-refractivity contribution is 5.93. The second kappa shape index (κ2) is 11.3. The van der Waals surface area contributed by atoms with Gasteiger partial charge in [0, 0.05) is 35.5 Å². The molecule has 0 heterocycles. The highest BCUT2D eigenvalue weighted by atomic mass is 15.1. The molecule has 0 aromatic heterocycles. The van der Waals surface area contributed by atoms with E-state index < -0.39 is 0 Å². The van der Waals surface area contributed by atoms with Crippen LogP contribution in [-0.4, -0.2) is 7.05 Å². The van der Waals surface area contributed by atoms with Crippen LogP contribution in [0.3, 0.4) is 0 Å². The molecule has 8 aromatic rings. The molecule has 0 N–H and O–H groups in total. The van der Waals surface area contributed by atoms with Gasteiger partial charge in [-0.05, 0) is 104 Å². The molecule has 214 valence electrons. The van der Waals surface area contributed by atoms with Gasteiger partial charge in [-0.1, -0.05) is 115 Å². The Morgan fingerprint density at radius 2 is 0.622 bits per heavy atom. The molecule has 0 atom stereocenters. The third-order valence-corrected chi connectivity index (χ3v) is 8.82. The first kappa shape index (κ1) is 26.7. The molecule has 45 heavy (non-hydrogen) atoms. The maximum absolute atomic E-state index is 2.35. The van der Waals surface area contributed by atoms with Crippen molar-refractivity contribution < 1.29 is 0 Å². The molecule has 0 spiro atoms. The number of nitrogens with zero attached hydrogens (tertiary/aromatic N) is 2. The molecule has 2 heteroatoms. The van der Waals surface area contributed by atoms with Crippen molar-refractivity contribution in [2.45, 2.75) is 0 Å². The van der Waals surface area contributed by atoms with Crippen LogP contribution in [0.25, 0.3) is 43.4 Å². The zero-order chi connectivity index (χ0) is 30.2. The maximum atomic E-state index is 2.35. The van der Waals surface area contributed by atoms with Crippen molar-refractivity contribution in [3.63, 3.8) is 0 Å². The van der Waals surface area contributed by atoms with Gasteiger partial charge in [-0.25, -0.2) is 0 Å². The Balaban J connectivity index is 1.12. The van der Waals surface area contributed by atoms with E-state index in [1.54, 1.807) is 0 Å². The summed E-state index contributed by atoms with van der Waals surface area (Å²) in [7, 11) is 2.13. The summed E-state index contributed by atoms with van der Waals surface area (Å²) in [5.41, 5.74) is 8.11. The molecule has 0 amide bonds. The SMILES string of the molecule is CN(c1ccc(-c2ccc(N(c3ccc4ccccc4c3)c3ccc4ccccc4c3)cc2)cc1)c1ccc2ccccc2c1. The zero-order valence-corrected chi connectivity index (χ0v) is 25.1. The average molecular weight is 577 g/mol. The van der Waals surface area contributed by atoms with Crippen molar-refractivity contribution >= 4 is 60.8 Å². The van der Waals surface area contributed by atoms with Crippen LogP contribution in [0.5, 0.6) is 0 Å². The first-order valence-corrected chi connectivity index (χ1v) is 15.4. The smallest absolute Gasteiger partial charge is 0.0468 e. The molecule has 0 aliphatic heterocycles. The van der Waals surface area contributed by atoms with Gasteiger partial charge >= 0.3 is 0 Å². The lowest BCUT2D eigenvalue weighted by atomic mass is 10.0. The first-order chi connectivity index (χ1) is 22.2. The minimum atomic E-state index is 1.12. The van der Waals surface area contributed by atoms with Crippen LogP contribution in [0, 0.1) is 0 Å². The van der Waals surface area contributed by atoms with Crippen molar-refractivity contribution in [2.24, 2.45) is 0 Å². The van der Waals surface area contributed by atoms with Crippen molar-refractivity contribution in [1.29, 1.82) is 0 Å². The normalized spacial score (nSPS) is 11.2. The summed E-state index contributed by atoms with van der Waals surface area (Å²) < 4.78 is 0. The predicted octanol–water partition coefficient (Wildman–Crippen LogP) is 12.1. The Morgan fingerprint density at radius 1 is 0.289 bits per heavy atom. The van der Waals surface area contributed by atoms with Crippen LogP contribution >= 0.6 is 0 Å². The number of anilines is 5. The summed E-state index contributed by atoms with van der Waals surface area (Å²) in [6.07, 6.45) is 0. The van der Waals surface area contributed by atoms with Gasteiger partial charge in [0.05, 0.1) is 0 Å². The zero-order valence-electron chi connectivity index (χ0n) is 25.1. The van der Waals surface area contributed by atoms with Crippen molar-refractivity contribution in [3.05, 3.63) is 176 Å². The van der Waals surface area contributed by atoms with E-state index >= 15 is 0 Å². The standard InChI is InChI=1S/C43H32N2/c1-44(41-25-18-31-8-2-5-11-36(31)28-41)39-21-14-34(15-22-39)35-16-23-40(24-17-35)45(42-26-19-32-9-3-6-12-37(32)29-42)43-27-20-33-10-4-7-13-38(33)30-43/h2-30H,1H3. The van der Waals surface area contributed by atoms with Crippen molar-refractivity contribution in [1.82, 2.24) is 0 Å². The van der Waals surface area contributed by atoms with Crippen LogP contribution in [0.1, 0.15) is 0 Å². The fourth-order valence-electron chi connectivity index (χ4n) is 6.29. The van der Waals surface area contributed by atoms with E-state index in [0.29, 0.717) is 0 Å².